The van der Waals surface area contributed by atoms with E-state index in [1.807, 2.05) is 11.8 Å². The van der Waals surface area contributed by atoms with E-state index in [-0.39, 0.29) is 11.9 Å². The molecule has 1 unspecified atom stereocenters. The lowest BCUT2D eigenvalue weighted by molar-refractivity contribution is -0.124. The van der Waals surface area contributed by atoms with Gasteiger partial charge in [0.1, 0.15) is 24.0 Å². The van der Waals surface area contributed by atoms with E-state index in [1.165, 1.54) is 6.33 Å². The number of morpholine rings is 1. The van der Waals surface area contributed by atoms with Gasteiger partial charge in [-0.3, -0.25) is 4.79 Å². The smallest absolute Gasteiger partial charge is 0.245 e. The highest BCUT2D eigenvalue weighted by atomic mass is 16.5. The Morgan fingerprint density at radius 1 is 1.63 bits per heavy atom. The number of nitrogens with zero attached hydrogens (tertiary/aromatic N) is 3. The fourth-order valence-corrected chi connectivity index (χ4v) is 1.98. The molecule has 0 saturated carbocycles. The van der Waals surface area contributed by atoms with E-state index >= 15 is 0 Å². The lowest BCUT2D eigenvalue weighted by Gasteiger charge is -2.35. The minimum Gasteiger partial charge on any atom is -0.384 e. The molecule has 3 N–H and O–H groups in total. The molecule has 1 aliphatic rings. The van der Waals surface area contributed by atoms with Crippen molar-refractivity contribution in [2.45, 2.75) is 19.4 Å². The van der Waals surface area contributed by atoms with Crippen LogP contribution in [-0.4, -0.2) is 48.2 Å². The molecular weight excluding hydrogens is 246 g/mol. The second-order valence-electron chi connectivity index (χ2n) is 4.38. The van der Waals surface area contributed by atoms with Gasteiger partial charge in [0.05, 0.1) is 13.2 Å². The lowest BCUT2D eigenvalue weighted by atomic mass is 10.2. The fourth-order valence-electron chi connectivity index (χ4n) is 1.98. The maximum atomic E-state index is 12.1. The van der Waals surface area contributed by atoms with Crippen molar-refractivity contribution in [2.75, 3.05) is 36.9 Å². The van der Waals surface area contributed by atoms with Gasteiger partial charge >= 0.3 is 0 Å². The van der Waals surface area contributed by atoms with E-state index in [1.54, 1.807) is 6.07 Å². The van der Waals surface area contributed by atoms with Crippen LogP contribution in [0.4, 0.5) is 11.6 Å². The quantitative estimate of drug-likeness (QED) is 0.782. The second-order valence-corrected chi connectivity index (χ2v) is 4.38. The van der Waals surface area contributed by atoms with Crippen LogP contribution in [0.25, 0.3) is 0 Å². The van der Waals surface area contributed by atoms with Crippen molar-refractivity contribution in [1.29, 1.82) is 0 Å². The first-order valence-electron chi connectivity index (χ1n) is 6.42. The van der Waals surface area contributed by atoms with Gasteiger partial charge in [-0.15, -0.1) is 0 Å². The molecule has 0 aliphatic carbocycles. The van der Waals surface area contributed by atoms with Crippen molar-refractivity contribution < 1.29 is 9.53 Å². The SMILES string of the molecule is CCCNC(=O)C1COCCN1c1cc(N)ncn1. The molecule has 1 saturated heterocycles. The normalized spacial score (nSPS) is 19.2. The first-order valence-corrected chi connectivity index (χ1v) is 6.42. The molecule has 2 rings (SSSR count). The maximum absolute atomic E-state index is 12.1. The van der Waals surface area contributed by atoms with Gasteiger partial charge in [0.25, 0.3) is 0 Å². The number of carbonyl (C=O) groups excluding carboxylic acids is 1. The average Bonchev–Trinajstić information content (AvgIpc) is 2.45. The number of nitrogen functional groups attached to an aromatic ring is 1. The number of hydrogen-bond donors (Lipinski definition) is 2. The summed E-state index contributed by atoms with van der Waals surface area (Å²) in [5.74, 6) is 1.01. The number of carbonyl (C=O) groups is 1. The summed E-state index contributed by atoms with van der Waals surface area (Å²) in [6.07, 6.45) is 2.31. The third kappa shape index (κ3) is 3.31. The molecule has 0 bridgehead atoms. The molecule has 1 atom stereocenters. The van der Waals surface area contributed by atoms with E-state index in [2.05, 4.69) is 15.3 Å². The van der Waals surface area contributed by atoms with Crippen molar-refractivity contribution in [3.05, 3.63) is 12.4 Å². The molecule has 104 valence electrons. The molecule has 0 spiro atoms. The zero-order valence-corrected chi connectivity index (χ0v) is 11.0. The molecular formula is C12H19N5O2. The van der Waals surface area contributed by atoms with E-state index in [9.17, 15) is 4.79 Å². The summed E-state index contributed by atoms with van der Waals surface area (Å²) in [6.45, 7) is 4.22. The Morgan fingerprint density at radius 3 is 3.21 bits per heavy atom. The zero-order chi connectivity index (χ0) is 13.7. The average molecular weight is 265 g/mol. The third-order valence-electron chi connectivity index (χ3n) is 2.95. The Morgan fingerprint density at radius 2 is 2.47 bits per heavy atom. The van der Waals surface area contributed by atoms with Gasteiger partial charge in [0, 0.05) is 19.2 Å². The summed E-state index contributed by atoms with van der Waals surface area (Å²) >= 11 is 0. The molecule has 1 aliphatic heterocycles. The predicted molar refractivity (Wildman–Crippen MR) is 71.7 cm³/mol. The molecule has 2 heterocycles. The first-order chi connectivity index (χ1) is 9.22. The Balaban J connectivity index is 2.13. The minimum atomic E-state index is -0.366. The first kappa shape index (κ1) is 13.5. The Hall–Kier alpha value is -1.89. The number of anilines is 2. The summed E-state index contributed by atoms with van der Waals surface area (Å²) in [5.41, 5.74) is 5.66. The fraction of sp³-hybridized carbons (Fsp3) is 0.583. The second kappa shape index (κ2) is 6.33. The maximum Gasteiger partial charge on any atom is 0.245 e. The highest BCUT2D eigenvalue weighted by Gasteiger charge is 2.30. The number of ether oxygens (including phenoxy) is 1. The number of nitrogens with one attached hydrogen (secondary N) is 1. The highest BCUT2D eigenvalue weighted by molar-refractivity contribution is 5.85. The molecule has 0 radical (unpaired) electrons. The van der Waals surface area contributed by atoms with Crippen LogP contribution in [0.1, 0.15) is 13.3 Å². The van der Waals surface area contributed by atoms with Crippen LogP contribution in [0.5, 0.6) is 0 Å². The predicted octanol–water partition coefficient (Wildman–Crippen LogP) is -0.210. The summed E-state index contributed by atoms with van der Waals surface area (Å²) in [4.78, 5) is 22.1. The van der Waals surface area contributed by atoms with E-state index < -0.39 is 0 Å². The number of amides is 1. The molecule has 7 nitrogen and oxygen atoms in total. The summed E-state index contributed by atoms with van der Waals surface area (Å²) in [5, 5.41) is 2.88. The van der Waals surface area contributed by atoms with Crippen LogP contribution < -0.4 is 16.0 Å². The summed E-state index contributed by atoms with van der Waals surface area (Å²) in [6, 6.07) is 1.31. The van der Waals surface area contributed by atoms with Crippen LogP contribution in [0.3, 0.4) is 0 Å². The zero-order valence-electron chi connectivity index (χ0n) is 11.0. The van der Waals surface area contributed by atoms with Crippen molar-refractivity contribution in [3.63, 3.8) is 0 Å². The standard InChI is InChI=1S/C12H19N5O2/c1-2-3-14-12(18)9-7-19-5-4-17(9)11-6-10(13)15-8-16-11/h6,8-9H,2-5,7H2,1H3,(H,14,18)(H2,13,15,16). The van der Waals surface area contributed by atoms with Gasteiger partial charge < -0.3 is 20.7 Å². The lowest BCUT2D eigenvalue weighted by Crippen LogP contribution is -2.54. The van der Waals surface area contributed by atoms with Crippen LogP contribution in [0, 0.1) is 0 Å². The highest BCUT2D eigenvalue weighted by Crippen LogP contribution is 2.18. The van der Waals surface area contributed by atoms with Gasteiger partial charge in [0.15, 0.2) is 0 Å². The number of aromatic nitrogens is 2. The third-order valence-corrected chi connectivity index (χ3v) is 2.95. The number of rotatable bonds is 4. The Kier molecular flexibility index (Phi) is 4.51. The molecule has 0 aromatic carbocycles. The van der Waals surface area contributed by atoms with Gasteiger partial charge in [-0.2, -0.15) is 0 Å². The molecule has 1 aromatic rings. The van der Waals surface area contributed by atoms with Crippen molar-refractivity contribution in [1.82, 2.24) is 15.3 Å². The van der Waals surface area contributed by atoms with Crippen LogP contribution in [-0.2, 0) is 9.53 Å². The minimum absolute atomic E-state index is 0.0428. The molecule has 1 aromatic heterocycles. The van der Waals surface area contributed by atoms with E-state index in [0.29, 0.717) is 37.9 Å². The Labute approximate surface area is 112 Å². The van der Waals surface area contributed by atoms with Crippen molar-refractivity contribution in [2.24, 2.45) is 0 Å². The summed E-state index contributed by atoms with van der Waals surface area (Å²) in [7, 11) is 0. The van der Waals surface area contributed by atoms with Crippen LogP contribution >= 0.6 is 0 Å². The molecule has 7 heteroatoms. The topological polar surface area (TPSA) is 93.4 Å². The number of nitrogens with two attached hydrogens (primary N) is 1. The van der Waals surface area contributed by atoms with Crippen molar-refractivity contribution >= 4 is 17.5 Å². The van der Waals surface area contributed by atoms with Gasteiger partial charge in [-0.1, -0.05) is 6.92 Å². The number of hydrogen-bond acceptors (Lipinski definition) is 6. The summed E-state index contributed by atoms with van der Waals surface area (Å²) < 4.78 is 5.39. The van der Waals surface area contributed by atoms with Gasteiger partial charge in [-0.25, -0.2) is 9.97 Å². The van der Waals surface area contributed by atoms with Crippen molar-refractivity contribution in [3.8, 4) is 0 Å². The van der Waals surface area contributed by atoms with Crippen LogP contribution in [0.2, 0.25) is 0 Å². The van der Waals surface area contributed by atoms with E-state index in [4.69, 9.17) is 10.5 Å². The van der Waals surface area contributed by atoms with Gasteiger partial charge in [0.2, 0.25) is 5.91 Å². The van der Waals surface area contributed by atoms with Crippen LogP contribution in [0.15, 0.2) is 12.4 Å². The van der Waals surface area contributed by atoms with E-state index in [0.717, 1.165) is 6.42 Å². The Bertz CT molecular complexity index is 440. The molecule has 19 heavy (non-hydrogen) atoms. The largest absolute Gasteiger partial charge is 0.384 e. The molecule has 1 fully saturated rings. The van der Waals surface area contributed by atoms with Gasteiger partial charge in [-0.05, 0) is 6.42 Å². The molecule has 1 amide bonds. The monoisotopic (exact) mass is 265 g/mol.